The van der Waals surface area contributed by atoms with Crippen LogP contribution in [0.4, 0.5) is 10.1 Å². The number of nitrogens with one attached hydrogen (secondary N) is 1. The molecule has 7 nitrogen and oxygen atoms in total. The van der Waals surface area contributed by atoms with Gasteiger partial charge in [-0.3, -0.25) is 4.79 Å². The molecule has 0 radical (unpaired) electrons. The Kier molecular flexibility index (Phi) is 7.04. The number of esters is 1. The zero-order valence-corrected chi connectivity index (χ0v) is 21.1. The van der Waals surface area contributed by atoms with E-state index in [-0.39, 0.29) is 18.3 Å². The molecule has 5 aromatic rings. The minimum atomic E-state index is -0.408. The van der Waals surface area contributed by atoms with Crippen LogP contribution in [0, 0.1) is 5.82 Å². The highest BCUT2D eigenvalue weighted by Crippen LogP contribution is 2.32. The van der Waals surface area contributed by atoms with Crippen LogP contribution < -0.4 is 0 Å². The summed E-state index contributed by atoms with van der Waals surface area (Å²) in [5, 5.41) is 11.6. The van der Waals surface area contributed by atoms with E-state index in [9.17, 15) is 14.3 Å². The number of fused-ring (bicyclic) bond motifs is 1. The lowest BCUT2D eigenvalue weighted by molar-refractivity contribution is -0.143. The molecular weight excluding hydrogens is 483 g/mol. The number of aromatic hydroxyl groups is 1. The van der Waals surface area contributed by atoms with Crippen molar-refractivity contribution in [3.63, 3.8) is 0 Å². The van der Waals surface area contributed by atoms with Gasteiger partial charge < -0.3 is 19.4 Å². The van der Waals surface area contributed by atoms with Gasteiger partial charge in [0.2, 0.25) is 0 Å². The number of hydrogen-bond acceptors (Lipinski definition) is 5. The van der Waals surface area contributed by atoms with Crippen molar-refractivity contribution < 1.29 is 19.0 Å². The van der Waals surface area contributed by atoms with Gasteiger partial charge in [0.05, 0.1) is 29.1 Å². The van der Waals surface area contributed by atoms with E-state index in [0.29, 0.717) is 40.9 Å². The molecule has 192 valence electrons. The van der Waals surface area contributed by atoms with E-state index < -0.39 is 5.82 Å². The fourth-order valence-corrected chi connectivity index (χ4v) is 4.47. The average molecular weight is 511 g/mol. The van der Waals surface area contributed by atoms with Crippen molar-refractivity contribution in [2.75, 3.05) is 6.61 Å². The van der Waals surface area contributed by atoms with Crippen LogP contribution in [0.25, 0.3) is 22.3 Å². The van der Waals surface area contributed by atoms with E-state index in [1.165, 1.54) is 12.1 Å². The molecule has 0 aliphatic heterocycles. The molecule has 0 unspecified atom stereocenters. The van der Waals surface area contributed by atoms with Crippen LogP contribution in [-0.4, -0.2) is 37.9 Å². The van der Waals surface area contributed by atoms with Crippen LogP contribution in [-0.2, 0) is 23.0 Å². The number of aliphatic imine (C=N–C) groups is 1. The molecule has 0 atom stereocenters. The first-order valence-electron chi connectivity index (χ1n) is 12.3. The van der Waals surface area contributed by atoms with Gasteiger partial charge in [0.1, 0.15) is 11.6 Å². The third-order valence-electron chi connectivity index (χ3n) is 6.29. The summed E-state index contributed by atoms with van der Waals surface area (Å²) in [6, 6.07) is 19.7. The lowest BCUT2D eigenvalue weighted by Gasteiger charge is -2.10. The van der Waals surface area contributed by atoms with Crippen LogP contribution in [0.15, 0.2) is 84.1 Å². The van der Waals surface area contributed by atoms with Crippen molar-refractivity contribution in [1.82, 2.24) is 14.5 Å². The molecule has 3 aromatic carbocycles. The summed E-state index contributed by atoms with van der Waals surface area (Å²) in [6.07, 6.45) is 4.40. The SMILES string of the molecule is CCOC(=O)CCc1cccc(C(=Nc2ccc(-c3nccn3C)cc2)c2c(O)[nH]c3cc(F)ccc23)c1. The lowest BCUT2D eigenvalue weighted by Crippen LogP contribution is -2.07. The normalized spacial score (nSPS) is 11.7. The number of aromatic amines is 1. The molecule has 2 heterocycles. The van der Waals surface area contributed by atoms with Crippen molar-refractivity contribution in [2.45, 2.75) is 19.8 Å². The Hall–Kier alpha value is -4.72. The first-order chi connectivity index (χ1) is 18.4. The van der Waals surface area contributed by atoms with Gasteiger partial charge in [0.15, 0.2) is 5.88 Å². The van der Waals surface area contributed by atoms with E-state index >= 15 is 0 Å². The summed E-state index contributed by atoms with van der Waals surface area (Å²) in [5.41, 5.74) is 4.75. The Balaban J connectivity index is 1.59. The molecule has 38 heavy (non-hydrogen) atoms. The number of carbonyl (C=O) groups is 1. The quantitative estimate of drug-likeness (QED) is 0.196. The third kappa shape index (κ3) is 5.20. The van der Waals surface area contributed by atoms with Crippen LogP contribution >= 0.6 is 0 Å². The van der Waals surface area contributed by atoms with Crippen LogP contribution in [0.1, 0.15) is 30.0 Å². The molecular formula is C30H27FN4O3. The highest BCUT2D eigenvalue weighted by molar-refractivity contribution is 6.22. The van der Waals surface area contributed by atoms with Crippen molar-refractivity contribution in [3.8, 4) is 17.3 Å². The number of aromatic nitrogens is 3. The number of nitrogens with zero attached hydrogens (tertiary/aromatic N) is 3. The van der Waals surface area contributed by atoms with Crippen molar-refractivity contribution in [3.05, 3.63) is 102 Å². The monoisotopic (exact) mass is 510 g/mol. The Bertz CT molecular complexity index is 1630. The number of benzene rings is 3. The fourth-order valence-electron chi connectivity index (χ4n) is 4.47. The smallest absolute Gasteiger partial charge is 0.306 e. The molecule has 0 aliphatic carbocycles. The molecule has 0 saturated heterocycles. The molecule has 0 saturated carbocycles. The summed E-state index contributed by atoms with van der Waals surface area (Å²) in [7, 11) is 1.93. The highest BCUT2D eigenvalue weighted by atomic mass is 19.1. The largest absolute Gasteiger partial charge is 0.494 e. The number of imidazole rings is 1. The molecule has 2 N–H and O–H groups in total. The molecule has 0 aliphatic rings. The minimum Gasteiger partial charge on any atom is -0.494 e. The van der Waals surface area contributed by atoms with E-state index in [1.54, 1.807) is 19.2 Å². The number of ether oxygens (including phenoxy) is 1. The van der Waals surface area contributed by atoms with Gasteiger partial charge in [0.25, 0.3) is 0 Å². The Morgan fingerprint density at radius 3 is 2.68 bits per heavy atom. The van der Waals surface area contributed by atoms with Gasteiger partial charge >= 0.3 is 5.97 Å². The number of halogens is 1. The summed E-state index contributed by atoms with van der Waals surface area (Å²) in [4.78, 5) is 24.1. The van der Waals surface area contributed by atoms with Gasteiger partial charge in [0, 0.05) is 42.4 Å². The zero-order chi connectivity index (χ0) is 26.6. The van der Waals surface area contributed by atoms with Crippen molar-refractivity contribution in [2.24, 2.45) is 12.0 Å². The van der Waals surface area contributed by atoms with E-state index in [2.05, 4.69) is 9.97 Å². The number of rotatable bonds is 8. The predicted octanol–water partition coefficient (Wildman–Crippen LogP) is 6.08. The summed E-state index contributed by atoms with van der Waals surface area (Å²) >= 11 is 0. The van der Waals surface area contributed by atoms with Crippen LogP contribution in [0.5, 0.6) is 5.88 Å². The molecule has 0 bridgehead atoms. The van der Waals surface area contributed by atoms with Gasteiger partial charge in [-0.2, -0.15) is 0 Å². The second-order valence-corrected chi connectivity index (χ2v) is 8.91. The zero-order valence-electron chi connectivity index (χ0n) is 21.1. The van der Waals surface area contributed by atoms with Crippen LogP contribution in [0.3, 0.4) is 0 Å². The maximum Gasteiger partial charge on any atom is 0.306 e. The van der Waals surface area contributed by atoms with Gasteiger partial charge in [-0.1, -0.05) is 18.2 Å². The fraction of sp³-hybridized carbons (Fsp3) is 0.167. The van der Waals surface area contributed by atoms with Gasteiger partial charge in [-0.05, 0) is 67.4 Å². The third-order valence-corrected chi connectivity index (χ3v) is 6.29. The average Bonchev–Trinajstić information content (AvgIpc) is 3.48. The second-order valence-electron chi connectivity index (χ2n) is 8.91. The topological polar surface area (TPSA) is 92.5 Å². The minimum absolute atomic E-state index is 0.106. The molecule has 0 spiro atoms. The molecule has 0 fully saturated rings. The lowest BCUT2D eigenvalue weighted by atomic mass is 9.97. The maximum absolute atomic E-state index is 13.9. The Morgan fingerprint density at radius 2 is 1.95 bits per heavy atom. The number of carbonyl (C=O) groups excluding carboxylic acids is 1. The molecule has 0 amide bonds. The number of H-pyrrole nitrogens is 1. The molecule has 5 rings (SSSR count). The van der Waals surface area contributed by atoms with E-state index in [0.717, 1.165) is 22.5 Å². The maximum atomic E-state index is 13.9. The second kappa shape index (κ2) is 10.7. The summed E-state index contributed by atoms with van der Waals surface area (Å²) in [5.74, 6) is 0.0720. The number of aryl methyl sites for hydroxylation is 2. The highest BCUT2D eigenvalue weighted by Gasteiger charge is 2.20. The van der Waals surface area contributed by atoms with Crippen LogP contribution in [0.2, 0.25) is 0 Å². The summed E-state index contributed by atoms with van der Waals surface area (Å²) < 4.78 is 20.9. The van der Waals surface area contributed by atoms with Gasteiger partial charge in [-0.15, -0.1) is 0 Å². The summed E-state index contributed by atoms with van der Waals surface area (Å²) in [6.45, 7) is 2.12. The number of hydrogen-bond donors (Lipinski definition) is 2. The first-order valence-corrected chi connectivity index (χ1v) is 12.3. The Labute approximate surface area is 219 Å². The van der Waals surface area contributed by atoms with Crippen molar-refractivity contribution in [1.29, 1.82) is 0 Å². The first kappa shape index (κ1) is 25.0. The standard InChI is InChI=1S/C30H27FN4O3/c1-3-38-26(36)14-7-19-5-4-6-21(17-19)28(27-24-13-10-22(31)18-25(24)34-30(27)37)33-23-11-8-20(9-12-23)29-32-15-16-35(29)2/h4-6,8-13,15-18,34,37H,3,7,14H2,1-2H3. The van der Waals surface area contributed by atoms with E-state index in [1.807, 2.05) is 66.3 Å². The molecule has 8 heteroatoms. The van der Waals surface area contributed by atoms with Crippen molar-refractivity contribution >= 4 is 28.3 Å². The molecule has 2 aromatic heterocycles. The predicted molar refractivity (Wildman–Crippen MR) is 145 cm³/mol. The van der Waals surface area contributed by atoms with E-state index in [4.69, 9.17) is 9.73 Å². The van der Waals surface area contributed by atoms with Gasteiger partial charge in [-0.25, -0.2) is 14.4 Å². The Morgan fingerprint density at radius 1 is 1.13 bits per heavy atom.